The topological polar surface area (TPSA) is 68.2 Å². The molecular formula is C36H39ClN2O3. The summed E-state index contributed by atoms with van der Waals surface area (Å²) in [6.07, 6.45) is 7.83. The number of amides is 1. The second kappa shape index (κ2) is 13.5. The predicted octanol–water partition coefficient (Wildman–Crippen LogP) is 7.93. The molecule has 218 valence electrons. The highest BCUT2D eigenvalue weighted by Gasteiger charge is 2.23. The smallest absolute Gasteiger partial charge is 0.262 e. The molecule has 0 saturated heterocycles. The van der Waals surface area contributed by atoms with Crippen LogP contribution >= 0.6 is 11.6 Å². The molecule has 1 saturated carbocycles. The normalized spacial score (nSPS) is 13.5. The summed E-state index contributed by atoms with van der Waals surface area (Å²) in [4.78, 5) is 38.9. The number of rotatable bonds is 11. The van der Waals surface area contributed by atoms with Crippen LogP contribution in [0.3, 0.4) is 0 Å². The van der Waals surface area contributed by atoms with E-state index in [1.165, 1.54) is 5.56 Å². The van der Waals surface area contributed by atoms with Crippen molar-refractivity contribution in [1.29, 1.82) is 0 Å². The number of Topliss-reactive ketones (excluding diaryl/α,β-unsaturated/α-hetero) is 1. The van der Waals surface area contributed by atoms with Gasteiger partial charge in [-0.1, -0.05) is 60.3 Å². The van der Waals surface area contributed by atoms with Gasteiger partial charge in [0, 0.05) is 47.0 Å². The Bertz CT molecular complexity index is 1580. The lowest BCUT2D eigenvalue weighted by Crippen LogP contribution is -2.28. The Hall–Kier alpha value is -3.70. The van der Waals surface area contributed by atoms with E-state index in [1.54, 1.807) is 28.8 Å². The van der Waals surface area contributed by atoms with Crippen molar-refractivity contribution in [2.45, 2.75) is 78.2 Å². The van der Waals surface area contributed by atoms with E-state index in [0.717, 1.165) is 78.2 Å². The van der Waals surface area contributed by atoms with Gasteiger partial charge in [0.25, 0.3) is 5.91 Å². The molecule has 5 rings (SSSR count). The summed E-state index contributed by atoms with van der Waals surface area (Å²) in [7, 11) is 0. The number of hydrogen-bond acceptors (Lipinski definition) is 3. The number of halogens is 1. The number of hydrogen-bond donors (Lipinski definition) is 1. The molecule has 0 aliphatic heterocycles. The molecule has 4 aromatic rings. The molecule has 1 fully saturated rings. The molecular weight excluding hydrogens is 544 g/mol. The molecule has 1 aromatic heterocycles. The molecule has 1 aliphatic carbocycles. The quantitative estimate of drug-likeness (QED) is 0.183. The molecule has 0 radical (unpaired) electrons. The third kappa shape index (κ3) is 7.01. The van der Waals surface area contributed by atoms with Gasteiger partial charge in [-0.2, -0.15) is 0 Å². The summed E-state index contributed by atoms with van der Waals surface area (Å²) in [5.74, 6) is 0.435. The molecule has 1 amide bonds. The van der Waals surface area contributed by atoms with Gasteiger partial charge in [0.2, 0.25) is 5.91 Å². The van der Waals surface area contributed by atoms with Crippen LogP contribution in [0.1, 0.15) is 83.3 Å². The van der Waals surface area contributed by atoms with Crippen molar-refractivity contribution >= 4 is 40.1 Å². The molecule has 3 aromatic carbocycles. The van der Waals surface area contributed by atoms with Crippen molar-refractivity contribution in [1.82, 2.24) is 9.88 Å². The van der Waals surface area contributed by atoms with Crippen LogP contribution in [0.5, 0.6) is 0 Å². The third-order valence-electron chi connectivity index (χ3n) is 8.55. The number of nitrogens with one attached hydrogen (secondary N) is 1. The molecule has 1 aliphatic rings. The lowest BCUT2D eigenvalue weighted by molar-refractivity contribution is -0.125. The molecule has 6 heteroatoms. The Morgan fingerprint density at radius 1 is 0.881 bits per heavy atom. The van der Waals surface area contributed by atoms with E-state index >= 15 is 0 Å². The first kappa shape index (κ1) is 29.8. The van der Waals surface area contributed by atoms with Crippen molar-refractivity contribution in [3.05, 3.63) is 105 Å². The number of ketones is 1. The Morgan fingerprint density at radius 3 is 2.29 bits per heavy atom. The van der Waals surface area contributed by atoms with Crippen molar-refractivity contribution in [2.24, 2.45) is 5.92 Å². The summed E-state index contributed by atoms with van der Waals surface area (Å²) in [5.41, 5.74) is 6.56. The van der Waals surface area contributed by atoms with Crippen molar-refractivity contribution in [3.63, 3.8) is 0 Å². The van der Waals surface area contributed by atoms with Gasteiger partial charge >= 0.3 is 0 Å². The van der Waals surface area contributed by atoms with Crippen LogP contribution in [0.25, 0.3) is 10.9 Å². The van der Waals surface area contributed by atoms with E-state index in [-0.39, 0.29) is 23.5 Å². The Balaban J connectivity index is 1.15. The summed E-state index contributed by atoms with van der Waals surface area (Å²) in [6, 6.07) is 21.4. The highest BCUT2D eigenvalue weighted by Crippen LogP contribution is 2.29. The van der Waals surface area contributed by atoms with Crippen LogP contribution in [-0.4, -0.2) is 22.2 Å². The fourth-order valence-electron chi connectivity index (χ4n) is 6.09. The third-order valence-corrected chi connectivity index (χ3v) is 8.80. The van der Waals surface area contributed by atoms with Gasteiger partial charge in [-0.05, 0) is 99.0 Å². The molecule has 1 N–H and O–H groups in total. The number of carbonyl (C=O) groups is 3. The van der Waals surface area contributed by atoms with Crippen LogP contribution in [0, 0.1) is 19.8 Å². The molecule has 0 unspecified atom stereocenters. The number of unbranched alkanes of at least 4 members (excludes halogenated alkanes) is 1. The zero-order valence-corrected chi connectivity index (χ0v) is 25.3. The number of benzene rings is 3. The first-order chi connectivity index (χ1) is 20.3. The minimum absolute atomic E-state index is 0.126. The SMILES string of the molecule is Cc1ccc2c(c1)c(CC(=O)CCCCc1ccc(CNC(=O)C3CCCC3)cc1)c(C)n2C(=O)c1ccc(Cl)cc1. The van der Waals surface area contributed by atoms with Crippen molar-refractivity contribution < 1.29 is 14.4 Å². The summed E-state index contributed by atoms with van der Waals surface area (Å²) < 4.78 is 1.73. The maximum Gasteiger partial charge on any atom is 0.262 e. The fourth-order valence-corrected chi connectivity index (χ4v) is 6.21. The molecule has 0 spiro atoms. The van der Waals surface area contributed by atoms with Crippen LogP contribution in [0.2, 0.25) is 5.02 Å². The minimum atomic E-state index is -0.126. The Labute approximate surface area is 253 Å². The van der Waals surface area contributed by atoms with Gasteiger partial charge < -0.3 is 5.32 Å². The van der Waals surface area contributed by atoms with Gasteiger partial charge in [0.05, 0.1) is 5.52 Å². The molecule has 0 atom stereocenters. The second-order valence-corrected chi connectivity index (χ2v) is 12.1. The lowest BCUT2D eigenvalue weighted by Gasteiger charge is -2.10. The maximum atomic E-state index is 13.5. The molecule has 5 nitrogen and oxygen atoms in total. The van der Waals surface area contributed by atoms with Gasteiger partial charge in [0.1, 0.15) is 5.78 Å². The van der Waals surface area contributed by atoms with E-state index in [1.807, 2.05) is 26.0 Å². The highest BCUT2D eigenvalue weighted by atomic mass is 35.5. The van der Waals surface area contributed by atoms with E-state index in [4.69, 9.17) is 11.6 Å². The number of nitrogens with zero attached hydrogens (tertiary/aromatic N) is 1. The zero-order valence-electron chi connectivity index (χ0n) is 24.5. The molecule has 0 bridgehead atoms. The van der Waals surface area contributed by atoms with Crippen LogP contribution in [-0.2, 0) is 29.0 Å². The average molecular weight is 583 g/mol. The Kier molecular flexibility index (Phi) is 9.58. The zero-order chi connectivity index (χ0) is 29.6. The van der Waals surface area contributed by atoms with E-state index < -0.39 is 0 Å². The van der Waals surface area contributed by atoms with E-state index in [0.29, 0.717) is 30.0 Å². The standard InChI is InChI=1S/C36H39ClN2O3/c1-24-11-20-34-33(21-24)32(25(2)39(34)36(42)29-16-18-30(37)19-17-29)22-31(40)10-6-3-7-26-12-14-27(15-13-26)23-38-35(41)28-8-4-5-9-28/h11-21,28H,3-10,22-23H2,1-2H3,(H,38,41). The first-order valence-corrected chi connectivity index (χ1v) is 15.5. The van der Waals surface area contributed by atoms with Crippen LogP contribution < -0.4 is 5.32 Å². The first-order valence-electron chi connectivity index (χ1n) is 15.1. The summed E-state index contributed by atoms with van der Waals surface area (Å²) >= 11 is 6.03. The number of fused-ring (bicyclic) bond motifs is 1. The summed E-state index contributed by atoms with van der Waals surface area (Å²) in [6.45, 7) is 4.53. The van der Waals surface area contributed by atoms with Gasteiger partial charge in [0.15, 0.2) is 0 Å². The Morgan fingerprint density at radius 2 is 1.57 bits per heavy atom. The second-order valence-electron chi connectivity index (χ2n) is 11.7. The van der Waals surface area contributed by atoms with Crippen LogP contribution in [0.4, 0.5) is 0 Å². The molecule has 1 heterocycles. The molecule has 42 heavy (non-hydrogen) atoms. The minimum Gasteiger partial charge on any atom is -0.352 e. The van der Waals surface area contributed by atoms with Crippen LogP contribution in [0.15, 0.2) is 66.7 Å². The number of carbonyl (C=O) groups excluding carboxylic acids is 3. The largest absolute Gasteiger partial charge is 0.352 e. The van der Waals surface area contributed by atoms with Gasteiger partial charge in [-0.3, -0.25) is 19.0 Å². The van der Waals surface area contributed by atoms with Crippen molar-refractivity contribution in [2.75, 3.05) is 0 Å². The number of aryl methyl sites for hydroxylation is 2. The number of aromatic nitrogens is 1. The fraction of sp³-hybridized carbons (Fsp3) is 0.361. The summed E-state index contributed by atoms with van der Waals surface area (Å²) in [5, 5.41) is 4.62. The van der Waals surface area contributed by atoms with E-state index in [2.05, 4.69) is 35.6 Å². The monoisotopic (exact) mass is 582 g/mol. The predicted molar refractivity (Wildman–Crippen MR) is 169 cm³/mol. The van der Waals surface area contributed by atoms with Gasteiger partial charge in [-0.25, -0.2) is 0 Å². The lowest BCUT2D eigenvalue weighted by atomic mass is 9.99. The highest BCUT2D eigenvalue weighted by molar-refractivity contribution is 6.30. The average Bonchev–Trinajstić information content (AvgIpc) is 3.62. The van der Waals surface area contributed by atoms with Crippen molar-refractivity contribution in [3.8, 4) is 0 Å². The maximum absolute atomic E-state index is 13.5. The van der Waals surface area contributed by atoms with Gasteiger partial charge in [-0.15, -0.1) is 0 Å². The van der Waals surface area contributed by atoms with E-state index in [9.17, 15) is 14.4 Å².